The summed E-state index contributed by atoms with van der Waals surface area (Å²) >= 11 is 0. The number of nitro groups is 1. The third-order valence-electron chi connectivity index (χ3n) is 4.05. The van der Waals surface area contributed by atoms with E-state index in [1.807, 2.05) is 0 Å². The lowest BCUT2D eigenvalue weighted by Crippen LogP contribution is -2.33. The Morgan fingerprint density at radius 1 is 1.33 bits per heavy atom. The van der Waals surface area contributed by atoms with E-state index in [1.54, 1.807) is 33.8 Å². The molecule has 1 aliphatic rings. The van der Waals surface area contributed by atoms with Crippen molar-refractivity contribution in [2.45, 2.75) is 39.7 Å². The molecule has 0 saturated carbocycles. The third kappa shape index (κ3) is 4.58. The second-order valence-electron chi connectivity index (χ2n) is 6.34. The zero-order valence-electron chi connectivity index (χ0n) is 15.7. The number of esters is 2. The molecule has 0 fully saturated rings. The number of rotatable bonds is 6. The number of nitro benzene ring substituents is 1. The predicted octanol–water partition coefficient (Wildman–Crippen LogP) is 3.17. The Bertz CT molecular complexity index is 812. The number of non-ortho nitro benzene ring substituents is 1. The molecule has 1 aromatic carbocycles. The molecule has 0 spiro atoms. The molecule has 8 nitrogen and oxygen atoms in total. The standard InChI is InChI=1S/C19H22N2O6/c1-5-26-19(23)16-12(4)20-10-15(18(22)27-11(2)3)17(16)13-7-6-8-14(9-13)21(24)25/h6-11,15,17H,5H2,1-4H3. The number of benzene rings is 1. The molecule has 0 radical (unpaired) electrons. The monoisotopic (exact) mass is 374 g/mol. The molecule has 2 atom stereocenters. The normalized spacial score (nSPS) is 19.1. The lowest BCUT2D eigenvalue weighted by atomic mass is 9.78. The van der Waals surface area contributed by atoms with Crippen molar-refractivity contribution in [3.05, 3.63) is 51.2 Å². The first-order valence-electron chi connectivity index (χ1n) is 8.63. The quantitative estimate of drug-likeness (QED) is 0.430. The maximum Gasteiger partial charge on any atom is 0.336 e. The van der Waals surface area contributed by atoms with Crippen LogP contribution in [0.2, 0.25) is 0 Å². The Hall–Kier alpha value is -3.03. The molecule has 144 valence electrons. The summed E-state index contributed by atoms with van der Waals surface area (Å²) in [5.41, 5.74) is 0.916. The fourth-order valence-electron chi connectivity index (χ4n) is 2.95. The summed E-state index contributed by atoms with van der Waals surface area (Å²) in [6.07, 6.45) is 1.07. The molecule has 0 saturated heterocycles. The van der Waals surface area contributed by atoms with Crippen LogP contribution < -0.4 is 0 Å². The van der Waals surface area contributed by atoms with Crippen LogP contribution in [0.1, 0.15) is 39.2 Å². The number of hydrogen-bond donors (Lipinski definition) is 0. The summed E-state index contributed by atoms with van der Waals surface area (Å²) in [6.45, 7) is 6.90. The molecule has 8 heteroatoms. The van der Waals surface area contributed by atoms with Crippen molar-refractivity contribution in [2.75, 3.05) is 6.61 Å². The second kappa shape index (κ2) is 8.57. The van der Waals surface area contributed by atoms with Crippen LogP contribution >= 0.6 is 0 Å². The summed E-state index contributed by atoms with van der Waals surface area (Å²) < 4.78 is 10.4. The smallest absolute Gasteiger partial charge is 0.336 e. The third-order valence-corrected chi connectivity index (χ3v) is 4.05. The van der Waals surface area contributed by atoms with E-state index in [2.05, 4.69) is 4.99 Å². The number of carbonyl (C=O) groups is 2. The first-order chi connectivity index (χ1) is 12.8. The molecular formula is C19H22N2O6. The van der Waals surface area contributed by atoms with Gasteiger partial charge in [0.05, 0.1) is 23.2 Å². The van der Waals surface area contributed by atoms with Crippen LogP contribution in [-0.4, -0.2) is 35.8 Å². The SMILES string of the molecule is CCOC(=O)C1=C(C)N=CC(C(=O)OC(C)C)C1c1cccc([N+](=O)[O-])c1. The topological polar surface area (TPSA) is 108 Å². The first-order valence-corrected chi connectivity index (χ1v) is 8.63. The van der Waals surface area contributed by atoms with Gasteiger partial charge in [-0.15, -0.1) is 0 Å². The number of aliphatic imine (C=N–C) groups is 1. The molecule has 0 aliphatic carbocycles. The highest BCUT2D eigenvalue weighted by molar-refractivity contribution is 6.00. The molecule has 2 unspecified atom stereocenters. The van der Waals surface area contributed by atoms with Crippen LogP contribution in [0.3, 0.4) is 0 Å². The highest BCUT2D eigenvalue weighted by atomic mass is 16.6. The Balaban J connectivity index is 2.58. The van der Waals surface area contributed by atoms with Crippen LogP contribution in [0.5, 0.6) is 0 Å². The van der Waals surface area contributed by atoms with Gasteiger partial charge in [0.1, 0.15) is 5.92 Å². The number of hydrogen-bond acceptors (Lipinski definition) is 7. The van der Waals surface area contributed by atoms with E-state index in [-0.39, 0.29) is 24.0 Å². The highest BCUT2D eigenvalue weighted by Gasteiger charge is 2.40. The molecule has 1 aromatic rings. The largest absolute Gasteiger partial charge is 0.463 e. The van der Waals surface area contributed by atoms with E-state index >= 15 is 0 Å². The minimum Gasteiger partial charge on any atom is -0.463 e. The average molecular weight is 374 g/mol. The van der Waals surface area contributed by atoms with Crippen molar-refractivity contribution in [3.63, 3.8) is 0 Å². The molecule has 0 amide bonds. The van der Waals surface area contributed by atoms with E-state index in [1.165, 1.54) is 24.4 Å². The Kier molecular flexibility index (Phi) is 6.44. The van der Waals surface area contributed by atoms with Gasteiger partial charge in [0.2, 0.25) is 0 Å². The number of allylic oxidation sites excluding steroid dienone is 1. The maximum absolute atomic E-state index is 12.6. The van der Waals surface area contributed by atoms with Crippen LogP contribution in [0.15, 0.2) is 40.5 Å². The maximum atomic E-state index is 12.6. The van der Waals surface area contributed by atoms with Gasteiger partial charge in [0.25, 0.3) is 5.69 Å². The van der Waals surface area contributed by atoms with Crippen LogP contribution in [-0.2, 0) is 19.1 Å². The molecule has 1 heterocycles. The van der Waals surface area contributed by atoms with Gasteiger partial charge in [-0.25, -0.2) is 4.79 Å². The molecule has 0 bridgehead atoms. The van der Waals surface area contributed by atoms with Crippen LogP contribution in [0.25, 0.3) is 0 Å². The van der Waals surface area contributed by atoms with Gasteiger partial charge in [0, 0.05) is 30.0 Å². The van der Waals surface area contributed by atoms with Gasteiger partial charge < -0.3 is 9.47 Å². The van der Waals surface area contributed by atoms with Gasteiger partial charge in [-0.1, -0.05) is 12.1 Å². The predicted molar refractivity (Wildman–Crippen MR) is 98.4 cm³/mol. The Morgan fingerprint density at radius 2 is 2.04 bits per heavy atom. The summed E-state index contributed by atoms with van der Waals surface area (Å²) in [5.74, 6) is -2.84. The van der Waals surface area contributed by atoms with E-state index in [0.29, 0.717) is 11.3 Å². The molecule has 2 rings (SSSR count). The lowest BCUT2D eigenvalue weighted by molar-refractivity contribution is -0.384. The molecule has 1 aliphatic heterocycles. The lowest BCUT2D eigenvalue weighted by Gasteiger charge is -2.29. The Labute approximate surface area is 157 Å². The van der Waals surface area contributed by atoms with Crippen LogP contribution in [0.4, 0.5) is 5.69 Å². The van der Waals surface area contributed by atoms with Crippen molar-refractivity contribution in [3.8, 4) is 0 Å². The second-order valence-corrected chi connectivity index (χ2v) is 6.34. The van der Waals surface area contributed by atoms with Gasteiger partial charge in [0.15, 0.2) is 0 Å². The van der Waals surface area contributed by atoms with Gasteiger partial charge >= 0.3 is 11.9 Å². The zero-order chi connectivity index (χ0) is 20.1. The first kappa shape index (κ1) is 20.3. The summed E-state index contributed by atoms with van der Waals surface area (Å²) in [5, 5.41) is 11.2. The summed E-state index contributed by atoms with van der Waals surface area (Å²) in [4.78, 5) is 40.0. The van der Waals surface area contributed by atoms with E-state index in [9.17, 15) is 19.7 Å². The van der Waals surface area contributed by atoms with E-state index in [0.717, 1.165) is 0 Å². The number of ether oxygens (including phenoxy) is 2. The van der Waals surface area contributed by atoms with Gasteiger partial charge in [-0.3, -0.25) is 19.9 Å². The fourth-order valence-corrected chi connectivity index (χ4v) is 2.95. The van der Waals surface area contributed by atoms with Crippen molar-refractivity contribution < 1.29 is 24.0 Å². The number of carbonyl (C=O) groups excluding carboxylic acids is 2. The molecular weight excluding hydrogens is 352 g/mol. The molecule has 0 N–H and O–H groups in total. The van der Waals surface area contributed by atoms with Gasteiger partial charge in [-0.2, -0.15) is 0 Å². The van der Waals surface area contributed by atoms with E-state index < -0.39 is 28.7 Å². The van der Waals surface area contributed by atoms with Gasteiger partial charge in [-0.05, 0) is 33.3 Å². The van der Waals surface area contributed by atoms with Crippen LogP contribution in [0, 0.1) is 16.0 Å². The minimum absolute atomic E-state index is 0.133. The van der Waals surface area contributed by atoms with Crippen molar-refractivity contribution in [2.24, 2.45) is 10.9 Å². The molecule has 0 aromatic heterocycles. The molecule has 27 heavy (non-hydrogen) atoms. The van der Waals surface area contributed by atoms with Crippen molar-refractivity contribution in [1.29, 1.82) is 0 Å². The van der Waals surface area contributed by atoms with E-state index in [4.69, 9.17) is 9.47 Å². The number of nitrogens with zero attached hydrogens (tertiary/aromatic N) is 2. The summed E-state index contributed by atoms with van der Waals surface area (Å²) in [7, 11) is 0. The zero-order valence-corrected chi connectivity index (χ0v) is 15.7. The highest BCUT2D eigenvalue weighted by Crippen LogP contribution is 2.39. The minimum atomic E-state index is -0.891. The fraction of sp³-hybridized carbons (Fsp3) is 0.421. The Morgan fingerprint density at radius 3 is 2.63 bits per heavy atom. The van der Waals surface area contributed by atoms with Crippen molar-refractivity contribution >= 4 is 23.8 Å². The average Bonchev–Trinajstić information content (AvgIpc) is 2.60. The summed E-state index contributed by atoms with van der Waals surface area (Å²) in [6, 6.07) is 5.86. The van der Waals surface area contributed by atoms with Crippen molar-refractivity contribution in [1.82, 2.24) is 0 Å².